The van der Waals surface area contributed by atoms with E-state index in [9.17, 15) is 18.8 Å². The maximum absolute atomic E-state index is 13.5. The van der Waals surface area contributed by atoms with Crippen molar-refractivity contribution in [2.75, 3.05) is 11.1 Å². The van der Waals surface area contributed by atoms with Crippen LogP contribution in [0.4, 0.5) is 9.39 Å². The Balaban J connectivity index is 1.88. The molecule has 0 aliphatic rings. The number of hydrazine groups is 1. The Kier molecular flexibility index (Phi) is 7.20. The van der Waals surface area contributed by atoms with Crippen molar-refractivity contribution in [3.05, 3.63) is 46.6 Å². The number of anilines is 1. The van der Waals surface area contributed by atoms with Crippen LogP contribution in [0.5, 0.6) is 0 Å². The molecule has 0 radical (unpaired) electrons. The average Bonchev–Trinajstić information content (AvgIpc) is 2.98. The number of carbonyl (C=O) groups is 3. The number of carbonyl (C=O) groups excluding carboxylic acids is 3. The number of halogens is 1. The predicted molar refractivity (Wildman–Crippen MR) is 110 cm³/mol. The molecule has 28 heavy (non-hydrogen) atoms. The van der Waals surface area contributed by atoms with Crippen molar-refractivity contribution in [3.63, 3.8) is 0 Å². The Morgan fingerprint density at radius 1 is 1.14 bits per heavy atom. The van der Waals surface area contributed by atoms with Crippen LogP contribution in [-0.2, 0) is 9.59 Å². The number of hydrogen-bond donors (Lipinski definition) is 3. The van der Waals surface area contributed by atoms with Crippen LogP contribution in [-0.4, -0.2) is 23.5 Å². The van der Waals surface area contributed by atoms with E-state index in [0.717, 1.165) is 23.1 Å². The van der Waals surface area contributed by atoms with Crippen LogP contribution in [0.15, 0.2) is 35.2 Å². The molecule has 0 spiro atoms. The van der Waals surface area contributed by atoms with Gasteiger partial charge in [-0.3, -0.25) is 25.2 Å². The number of rotatable bonds is 5. The Morgan fingerprint density at radius 3 is 2.46 bits per heavy atom. The molecule has 0 atom stereocenters. The average molecular weight is 424 g/mol. The van der Waals surface area contributed by atoms with Gasteiger partial charge in [-0.25, -0.2) is 4.39 Å². The third kappa shape index (κ3) is 6.07. The van der Waals surface area contributed by atoms with Crippen molar-refractivity contribution in [1.29, 1.82) is 0 Å². The molecule has 1 aromatic carbocycles. The number of nitrogens with one attached hydrogen (secondary N) is 3. The molecular weight excluding hydrogens is 401 g/mol. The molecule has 0 unspecified atom stereocenters. The summed E-state index contributed by atoms with van der Waals surface area (Å²) in [7, 11) is 0. The summed E-state index contributed by atoms with van der Waals surface area (Å²) >= 11 is 2.16. The lowest BCUT2D eigenvalue weighted by molar-refractivity contribution is -0.123. The minimum Gasteiger partial charge on any atom is -0.317 e. The highest BCUT2D eigenvalue weighted by atomic mass is 32.2. The molecule has 0 aliphatic carbocycles. The van der Waals surface area contributed by atoms with Gasteiger partial charge < -0.3 is 5.32 Å². The van der Waals surface area contributed by atoms with E-state index in [1.54, 1.807) is 52.0 Å². The fourth-order valence-electron chi connectivity index (χ4n) is 1.99. The fourth-order valence-corrected chi connectivity index (χ4v) is 3.70. The number of benzene rings is 1. The van der Waals surface area contributed by atoms with Gasteiger partial charge in [-0.15, -0.1) is 23.1 Å². The minimum absolute atomic E-state index is 0.0441. The standard InChI is InChI=1S/C19H22FN3O3S2/c1-11-9-15(21-18(26)19(2,3)4)28-16(11)17(25)23-22-14(24)10-27-13-8-6-5-7-12(13)20/h5-9H,10H2,1-4H3,(H,21,26)(H,22,24)(H,23,25). The Labute approximate surface area is 171 Å². The van der Waals surface area contributed by atoms with Gasteiger partial charge in [0.1, 0.15) is 5.82 Å². The summed E-state index contributed by atoms with van der Waals surface area (Å²) in [5, 5.41) is 3.34. The zero-order valence-electron chi connectivity index (χ0n) is 16.0. The molecule has 1 heterocycles. The smallest absolute Gasteiger partial charge is 0.280 e. The summed E-state index contributed by atoms with van der Waals surface area (Å²) in [6, 6.07) is 7.85. The van der Waals surface area contributed by atoms with E-state index in [1.165, 1.54) is 6.07 Å². The summed E-state index contributed by atoms with van der Waals surface area (Å²) < 4.78 is 13.5. The third-order valence-electron chi connectivity index (χ3n) is 3.55. The van der Waals surface area contributed by atoms with Crippen LogP contribution < -0.4 is 16.2 Å². The van der Waals surface area contributed by atoms with Crippen molar-refractivity contribution in [2.45, 2.75) is 32.6 Å². The highest BCUT2D eigenvalue weighted by Gasteiger charge is 2.23. The summed E-state index contributed by atoms with van der Waals surface area (Å²) in [5.74, 6) is -1.54. The highest BCUT2D eigenvalue weighted by molar-refractivity contribution is 8.00. The van der Waals surface area contributed by atoms with E-state index in [1.807, 2.05) is 0 Å². The van der Waals surface area contributed by atoms with Crippen LogP contribution >= 0.6 is 23.1 Å². The van der Waals surface area contributed by atoms with Crippen molar-refractivity contribution in [1.82, 2.24) is 10.9 Å². The van der Waals surface area contributed by atoms with Crippen molar-refractivity contribution >= 4 is 45.8 Å². The lowest BCUT2D eigenvalue weighted by Gasteiger charge is -2.16. The predicted octanol–water partition coefficient (Wildman–Crippen LogP) is 3.73. The molecular formula is C19H22FN3O3S2. The first-order chi connectivity index (χ1) is 13.1. The lowest BCUT2D eigenvalue weighted by atomic mass is 9.96. The van der Waals surface area contributed by atoms with Crippen LogP contribution in [0.1, 0.15) is 36.0 Å². The molecule has 1 aromatic heterocycles. The van der Waals surface area contributed by atoms with E-state index < -0.39 is 23.0 Å². The topological polar surface area (TPSA) is 87.3 Å². The molecule has 3 N–H and O–H groups in total. The van der Waals surface area contributed by atoms with E-state index >= 15 is 0 Å². The molecule has 0 bridgehead atoms. The quantitative estimate of drug-likeness (QED) is 0.505. The molecule has 150 valence electrons. The van der Waals surface area contributed by atoms with Gasteiger partial charge in [-0.05, 0) is 30.7 Å². The van der Waals surface area contributed by atoms with Gasteiger partial charge in [0.2, 0.25) is 11.8 Å². The normalized spacial score (nSPS) is 11.0. The molecule has 9 heteroatoms. The first-order valence-electron chi connectivity index (χ1n) is 8.46. The van der Waals surface area contributed by atoms with Gasteiger partial charge in [0.25, 0.3) is 5.91 Å². The van der Waals surface area contributed by atoms with Crippen LogP contribution in [0.3, 0.4) is 0 Å². The number of aryl methyl sites for hydroxylation is 1. The second-order valence-corrected chi connectivity index (χ2v) is 9.12. The third-order valence-corrected chi connectivity index (χ3v) is 5.75. The second-order valence-electron chi connectivity index (χ2n) is 7.05. The van der Waals surface area contributed by atoms with Crippen molar-refractivity contribution in [3.8, 4) is 0 Å². The Morgan fingerprint density at radius 2 is 1.82 bits per heavy atom. The molecule has 2 rings (SSSR count). The van der Waals surface area contributed by atoms with Gasteiger partial charge >= 0.3 is 0 Å². The number of amides is 3. The molecule has 3 amide bonds. The zero-order valence-corrected chi connectivity index (χ0v) is 17.6. The molecule has 0 saturated carbocycles. The van der Waals surface area contributed by atoms with Crippen LogP contribution in [0.25, 0.3) is 0 Å². The summed E-state index contributed by atoms with van der Waals surface area (Å²) in [4.78, 5) is 37.0. The number of thioether (sulfide) groups is 1. The van der Waals surface area contributed by atoms with Gasteiger partial charge in [-0.2, -0.15) is 0 Å². The van der Waals surface area contributed by atoms with Gasteiger partial charge in [0.05, 0.1) is 15.6 Å². The SMILES string of the molecule is Cc1cc(NC(=O)C(C)(C)C)sc1C(=O)NNC(=O)CSc1ccccc1F. The molecule has 0 fully saturated rings. The molecule has 2 aromatic rings. The summed E-state index contributed by atoms with van der Waals surface area (Å²) in [6.07, 6.45) is 0. The first kappa shape index (κ1) is 21.9. The molecule has 0 saturated heterocycles. The zero-order chi connectivity index (χ0) is 20.9. The van der Waals surface area contributed by atoms with Crippen molar-refractivity contribution < 1.29 is 18.8 Å². The first-order valence-corrected chi connectivity index (χ1v) is 10.3. The lowest BCUT2D eigenvalue weighted by Crippen LogP contribution is -2.42. The van der Waals surface area contributed by atoms with E-state index in [0.29, 0.717) is 20.3 Å². The van der Waals surface area contributed by atoms with E-state index in [2.05, 4.69) is 16.2 Å². The van der Waals surface area contributed by atoms with Crippen LogP contribution in [0.2, 0.25) is 0 Å². The molecule has 0 aliphatic heterocycles. The second kappa shape index (κ2) is 9.20. The maximum Gasteiger partial charge on any atom is 0.280 e. The monoisotopic (exact) mass is 423 g/mol. The fraction of sp³-hybridized carbons (Fsp3) is 0.316. The summed E-state index contributed by atoms with van der Waals surface area (Å²) in [5.41, 5.74) is 4.78. The van der Waals surface area contributed by atoms with Crippen molar-refractivity contribution in [2.24, 2.45) is 5.41 Å². The van der Waals surface area contributed by atoms with E-state index in [-0.39, 0.29) is 11.7 Å². The largest absolute Gasteiger partial charge is 0.317 e. The van der Waals surface area contributed by atoms with Gasteiger partial charge in [0.15, 0.2) is 0 Å². The number of hydrogen-bond acceptors (Lipinski definition) is 5. The van der Waals surface area contributed by atoms with Gasteiger partial charge in [0, 0.05) is 10.3 Å². The maximum atomic E-state index is 13.5. The highest BCUT2D eigenvalue weighted by Crippen LogP contribution is 2.28. The van der Waals surface area contributed by atoms with E-state index in [4.69, 9.17) is 0 Å². The summed E-state index contributed by atoms with van der Waals surface area (Å²) in [6.45, 7) is 7.13. The van der Waals surface area contributed by atoms with Gasteiger partial charge in [-0.1, -0.05) is 32.9 Å². The number of thiophene rings is 1. The minimum atomic E-state index is -0.551. The van der Waals surface area contributed by atoms with Crippen LogP contribution in [0, 0.1) is 18.2 Å². The Hall–Kier alpha value is -2.39. The molecule has 6 nitrogen and oxygen atoms in total. The Bertz CT molecular complexity index is 891.